The van der Waals surface area contributed by atoms with Crippen molar-refractivity contribution in [2.45, 2.75) is 55.5 Å². The number of hydrogen-bond donors (Lipinski definition) is 0. The van der Waals surface area contributed by atoms with Gasteiger partial charge >= 0.3 is 0 Å². The first-order valence-electron chi connectivity index (χ1n) is 6.71. The maximum atomic E-state index is 9.28. The molecule has 1 fully saturated rings. The second-order valence-electron chi connectivity index (χ2n) is 5.11. The highest BCUT2D eigenvalue weighted by atomic mass is 32.2. The summed E-state index contributed by atoms with van der Waals surface area (Å²) in [5.41, 5.74) is 1.09. The number of thiazole rings is 1. The zero-order chi connectivity index (χ0) is 13.0. The van der Waals surface area contributed by atoms with Crippen LogP contribution in [0.3, 0.4) is 0 Å². The Morgan fingerprint density at radius 2 is 2.39 bits per heavy atom. The number of aryl methyl sites for hydroxylation is 1. The topological polar surface area (TPSA) is 36.7 Å². The maximum Gasteiger partial charge on any atom is 0.150 e. The monoisotopic (exact) mass is 280 g/mol. The number of hydrogen-bond acceptors (Lipinski definition) is 4. The number of nitrogens with zero attached hydrogens (tertiary/aromatic N) is 2. The molecule has 3 unspecified atom stereocenters. The molecule has 1 aromatic rings. The summed E-state index contributed by atoms with van der Waals surface area (Å²) in [5.74, 6) is 1.03. The fourth-order valence-corrected chi connectivity index (χ4v) is 5.12. The van der Waals surface area contributed by atoms with Crippen LogP contribution in [-0.2, 0) is 0 Å². The van der Waals surface area contributed by atoms with E-state index in [4.69, 9.17) is 0 Å². The molecule has 0 N–H and O–H groups in total. The van der Waals surface area contributed by atoms with Crippen LogP contribution < -0.4 is 0 Å². The normalized spacial score (nSPS) is 27.9. The van der Waals surface area contributed by atoms with Crippen LogP contribution in [0.25, 0.3) is 0 Å². The van der Waals surface area contributed by atoms with E-state index in [0.29, 0.717) is 5.25 Å². The molecule has 0 bridgehead atoms. The summed E-state index contributed by atoms with van der Waals surface area (Å²) in [6.07, 6.45) is 6.07. The molecule has 0 spiro atoms. The molecule has 2 rings (SSSR count). The van der Waals surface area contributed by atoms with Gasteiger partial charge in [0.2, 0.25) is 0 Å². The van der Waals surface area contributed by atoms with Gasteiger partial charge in [-0.2, -0.15) is 5.26 Å². The molecule has 1 saturated carbocycles. The molecule has 1 aliphatic carbocycles. The third-order valence-electron chi connectivity index (χ3n) is 3.61. The van der Waals surface area contributed by atoms with Crippen LogP contribution in [0.5, 0.6) is 0 Å². The van der Waals surface area contributed by atoms with Gasteiger partial charge in [0.25, 0.3) is 0 Å². The Hall–Kier alpha value is -0.530. The van der Waals surface area contributed by atoms with Crippen molar-refractivity contribution < 1.29 is 0 Å². The van der Waals surface area contributed by atoms with Crippen molar-refractivity contribution in [1.82, 2.24) is 4.98 Å². The number of rotatable bonds is 4. The first-order chi connectivity index (χ1) is 8.72. The van der Waals surface area contributed by atoms with Gasteiger partial charge in [-0.05, 0) is 32.1 Å². The lowest BCUT2D eigenvalue weighted by Crippen LogP contribution is -2.26. The summed E-state index contributed by atoms with van der Waals surface area (Å²) in [7, 11) is 0. The van der Waals surface area contributed by atoms with E-state index in [1.165, 1.54) is 25.7 Å². The van der Waals surface area contributed by atoms with Crippen molar-refractivity contribution in [3.63, 3.8) is 0 Å². The van der Waals surface area contributed by atoms with Crippen LogP contribution in [0.1, 0.15) is 44.7 Å². The minimum Gasteiger partial charge on any atom is -0.235 e. The van der Waals surface area contributed by atoms with Crippen LogP contribution in [0.4, 0.5) is 0 Å². The first-order valence-corrected chi connectivity index (χ1v) is 8.47. The predicted molar refractivity (Wildman–Crippen MR) is 77.8 cm³/mol. The van der Waals surface area contributed by atoms with Crippen molar-refractivity contribution in [3.8, 4) is 6.07 Å². The minimum atomic E-state index is 0.215. The Morgan fingerprint density at radius 3 is 3.00 bits per heavy atom. The Morgan fingerprint density at radius 1 is 1.56 bits per heavy atom. The minimum absolute atomic E-state index is 0.215. The van der Waals surface area contributed by atoms with Gasteiger partial charge in [0.15, 0.2) is 0 Å². The average Bonchev–Trinajstić information content (AvgIpc) is 2.76. The van der Waals surface area contributed by atoms with E-state index in [0.717, 1.165) is 22.4 Å². The average molecular weight is 280 g/mol. The molecule has 2 nitrogen and oxygen atoms in total. The van der Waals surface area contributed by atoms with Gasteiger partial charge in [0.05, 0.1) is 12.0 Å². The molecule has 0 aliphatic heterocycles. The highest BCUT2D eigenvalue weighted by molar-refractivity contribution is 8.01. The largest absolute Gasteiger partial charge is 0.235 e. The number of nitriles is 1. The van der Waals surface area contributed by atoms with Gasteiger partial charge in [-0.3, -0.25) is 0 Å². The molecule has 1 aliphatic rings. The van der Waals surface area contributed by atoms with E-state index in [-0.39, 0.29) is 5.92 Å². The van der Waals surface area contributed by atoms with Crippen LogP contribution in [0.2, 0.25) is 0 Å². The first kappa shape index (κ1) is 13.9. The van der Waals surface area contributed by atoms with Gasteiger partial charge in [-0.1, -0.05) is 31.5 Å². The van der Waals surface area contributed by atoms with Crippen LogP contribution in [-0.4, -0.2) is 10.2 Å². The maximum absolute atomic E-state index is 9.28. The lowest BCUT2D eigenvalue weighted by atomic mass is 9.80. The molecule has 3 atom stereocenters. The predicted octanol–water partition coefficient (Wildman–Crippen LogP) is 4.65. The Balaban J connectivity index is 2.00. The zero-order valence-electron chi connectivity index (χ0n) is 11.1. The molecule has 0 saturated heterocycles. The van der Waals surface area contributed by atoms with Crippen molar-refractivity contribution in [3.05, 3.63) is 11.1 Å². The van der Waals surface area contributed by atoms with Crippen LogP contribution in [0, 0.1) is 30.1 Å². The Bertz CT molecular complexity index is 422. The Labute approximate surface area is 118 Å². The smallest absolute Gasteiger partial charge is 0.150 e. The summed E-state index contributed by atoms with van der Waals surface area (Å²) < 4.78 is 1.13. The third kappa shape index (κ3) is 3.49. The standard InChI is InChI=1S/C14H20N2S2/c1-3-4-11-5-6-12(8-15)13(7-11)18-14-16-10(2)9-17-14/h9,11-13H,3-7H2,1-2H3. The molecule has 18 heavy (non-hydrogen) atoms. The molecule has 1 heterocycles. The van der Waals surface area contributed by atoms with Crippen LogP contribution >= 0.6 is 23.1 Å². The third-order valence-corrected chi connectivity index (χ3v) is 6.06. The quantitative estimate of drug-likeness (QED) is 0.805. The summed E-state index contributed by atoms with van der Waals surface area (Å²) in [6, 6.07) is 2.50. The lowest BCUT2D eigenvalue weighted by molar-refractivity contribution is 0.307. The van der Waals surface area contributed by atoms with Crippen molar-refractivity contribution in [2.75, 3.05) is 0 Å². The molecule has 0 amide bonds. The molecule has 0 aromatic carbocycles. The van der Waals surface area contributed by atoms with Crippen molar-refractivity contribution in [1.29, 1.82) is 5.26 Å². The zero-order valence-corrected chi connectivity index (χ0v) is 12.7. The summed E-state index contributed by atoms with van der Waals surface area (Å²) in [6.45, 7) is 4.28. The fraction of sp³-hybridized carbons (Fsp3) is 0.714. The van der Waals surface area contributed by atoms with E-state index in [1.54, 1.807) is 11.3 Å². The van der Waals surface area contributed by atoms with Gasteiger partial charge in [-0.25, -0.2) is 4.98 Å². The van der Waals surface area contributed by atoms with Crippen LogP contribution in [0.15, 0.2) is 9.72 Å². The molecular formula is C14H20N2S2. The summed E-state index contributed by atoms with van der Waals surface area (Å²) >= 11 is 3.55. The van der Waals surface area contributed by atoms with Gasteiger partial charge < -0.3 is 0 Å². The molecule has 1 aromatic heterocycles. The molecule has 98 valence electrons. The van der Waals surface area contributed by atoms with Crippen molar-refractivity contribution in [2.24, 2.45) is 11.8 Å². The molecule has 4 heteroatoms. The van der Waals surface area contributed by atoms with E-state index >= 15 is 0 Å². The van der Waals surface area contributed by atoms with E-state index in [1.807, 2.05) is 18.7 Å². The number of thioether (sulfide) groups is 1. The molecular weight excluding hydrogens is 260 g/mol. The highest BCUT2D eigenvalue weighted by Gasteiger charge is 2.31. The fourth-order valence-electron chi connectivity index (χ4n) is 2.68. The van der Waals surface area contributed by atoms with Crippen molar-refractivity contribution >= 4 is 23.1 Å². The van der Waals surface area contributed by atoms with Gasteiger partial charge in [-0.15, -0.1) is 11.3 Å². The lowest BCUT2D eigenvalue weighted by Gasteiger charge is -2.31. The van der Waals surface area contributed by atoms with Gasteiger partial charge in [0, 0.05) is 16.3 Å². The Kier molecular flexibility index (Phi) is 5.08. The second-order valence-corrected chi connectivity index (χ2v) is 7.46. The molecule has 0 radical (unpaired) electrons. The van der Waals surface area contributed by atoms with E-state index in [9.17, 15) is 5.26 Å². The van der Waals surface area contributed by atoms with Gasteiger partial charge in [0.1, 0.15) is 4.34 Å². The second kappa shape index (κ2) is 6.58. The van der Waals surface area contributed by atoms with E-state index < -0.39 is 0 Å². The SMILES string of the molecule is CCCC1CCC(C#N)C(Sc2nc(C)cs2)C1. The highest BCUT2D eigenvalue weighted by Crippen LogP contribution is 2.41. The number of aromatic nitrogens is 1. The summed E-state index contributed by atoms with van der Waals surface area (Å²) in [4.78, 5) is 4.52. The summed E-state index contributed by atoms with van der Waals surface area (Å²) in [5, 5.41) is 11.8. The van der Waals surface area contributed by atoms with E-state index in [2.05, 4.69) is 23.4 Å².